The molecular weight excluding hydrogens is 242 g/mol. The summed E-state index contributed by atoms with van der Waals surface area (Å²) < 4.78 is 16.1. The molecule has 1 unspecified atom stereocenters. The van der Waals surface area contributed by atoms with E-state index in [2.05, 4.69) is 29.6 Å². The van der Waals surface area contributed by atoms with Gasteiger partial charge in [0.25, 0.3) is 0 Å². The molecule has 1 atom stereocenters. The van der Waals surface area contributed by atoms with Crippen LogP contribution in [0.1, 0.15) is 12.0 Å². The Hall–Kier alpha value is -1.10. The fourth-order valence-electron chi connectivity index (χ4n) is 2.21. The fourth-order valence-corrected chi connectivity index (χ4v) is 2.21. The molecule has 1 heterocycles. The maximum absolute atomic E-state index is 5.85. The summed E-state index contributed by atoms with van der Waals surface area (Å²) in [6.07, 6.45) is 2.39. The van der Waals surface area contributed by atoms with Crippen LogP contribution in [0.3, 0.4) is 0 Å². The zero-order valence-electron chi connectivity index (χ0n) is 11.6. The lowest BCUT2D eigenvalue weighted by molar-refractivity contribution is -0.00395. The summed E-state index contributed by atoms with van der Waals surface area (Å²) in [5.74, 6) is 0. The number of fused-ring (bicyclic) bond motifs is 1. The summed E-state index contributed by atoms with van der Waals surface area (Å²) in [5.41, 5.74) is 2.62. The summed E-state index contributed by atoms with van der Waals surface area (Å²) in [4.78, 5) is 0. The van der Waals surface area contributed by atoms with E-state index in [4.69, 9.17) is 14.2 Å². The molecule has 0 radical (unpaired) electrons. The van der Waals surface area contributed by atoms with Crippen LogP contribution < -0.4 is 5.32 Å². The highest BCUT2D eigenvalue weighted by atomic mass is 16.5. The van der Waals surface area contributed by atoms with Gasteiger partial charge in [0.2, 0.25) is 0 Å². The quantitative estimate of drug-likeness (QED) is 0.766. The van der Waals surface area contributed by atoms with Crippen molar-refractivity contribution in [3.63, 3.8) is 0 Å². The normalized spacial score (nSPS) is 18.5. The minimum absolute atomic E-state index is 0.262. The van der Waals surface area contributed by atoms with Crippen molar-refractivity contribution in [1.82, 2.24) is 0 Å². The maximum Gasteiger partial charge on any atom is 0.0751 e. The number of para-hydroxylation sites is 1. The van der Waals surface area contributed by atoms with Gasteiger partial charge >= 0.3 is 0 Å². The molecule has 4 nitrogen and oxygen atoms in total. The first-order chi connectivity index (χ1) is 9.40. The van der Waals surface area contributed by atoms with Crippen LogP contribution >= 0.6 is 0 Å². The van der Waals surface area contributed by atoms with Crippen molar-refractivity contribution in [2.24, 2.45) is 0 Å². The van der Waals surface area contributed by atoms with Gasteiger partial charge < -0.3 is 19.5 Å². The van der Waals surface area contributed by atoms with Crippen LogP contribution in [-0.4, -0.2) is 46.2 Å². The van der Waals surface area contributed by atoms with Crippen LogP contribution in [0.15, 0.2) is 24.3 Å². The van der Waals surface area contributed by atoms with Gasteiger partial charge in [-0.1, -0.05) is 18.2 Å². The minimum atomic E-state index is 0.262. The van der Waals surface area contributed by atoms with E-state index in [1.54, 1.807) is 7.11 Å². The summed E-state index contributed by atoms with van der Waals surface area (Å²) in [5, 5.41) is 3.45. The lowest BCUT2D eigenvalue weighted by Crippen LogP contribution is -2.24. The molecule has 1 aromatic rings. The van der Waals surface area contributed by atoms with Crippen molar-refractivity contribution < 1.29 is 14.2 Å². The van der Waals surface area contributed by atoms with E-state index in [-0.39, 0.29) is 6.10 Å². The van der Waals surface area contributed by atoms with Crippen LogP contribution in [0.5, 0.6) is 0 Å². The van der Waals surface area contributed by atoms with E-state index >= 15 is 0 Å². The first kappa shape index (κ1) is 14.3. The summed E-state index contributed by atoms with van der Waals surface area (Å²) in [6.45, 7) is 3.42. The predicted octanol–water partition coefficient (Wildman–Crippen LogP) is 2.09. The topological polar surface area (TPSA) is 39.7 Å². The molecule has 2 rings (SSSR count). The van der Waals surface area contributed by atoms with Crippen molar-refractivity contribution in [1.29, 1.82) is 0 Å². The Morgan fingerprint density at radius 3 is 2.89 bits per heavy atom. The molecule has 0 saturated carbocycles. The maximum atomic E-state index is 5.85. The van der Waals surface area contributed by atoms with Crippen LogP contribution in [0.25, 0.3) is 0 Å². The average Bonchev–Trinajstić information content (AvgIpc) is 2.65. The molecular formula is C15H23NO3. The van der Waals surface area contributed by atoms with Gasteiger partial charge in [0.05, 0.1) is 32.5 Å². The Labute approximate surface area is 115 Å². The number of methoxy groups -OCH3 is 1. The number of hydrogen-bond acceptors (Lipinski definition) is 4. The number of rotatable bonds is 7. The largest absolute Gasteiger partial charge is 0.382 e. The van der Waals surface area contributed by atoms with Crippen LogP contribution in [0.4, 0.5) is 5.69 Å². The van der Waals surface area contributed by atoms with E-state index in [1.165, 1.54) is 11.3 Å². The summed E-state index contributed by atoms with van der Waals surface area (Å²) in [6, 6.07) is 8.46. The molecule has 19 heavy (non-hydrogen) atoms. The number of hydrogen-bond donors (Lipinski definition) is 1. The van der Waals surface area contributed by atoms with Gasteiger partial charge in [0, 0.05) is 19.3 Å². The van der Waals surface area contributed by atoms with Gasteiger partial charge in [-0.15, -0.1) is 0 Å². The zero-order chi connectivity index (χ0) is 13.3. The number of aryl methyl sites for hydroxylation is 1. The molecule has 0 aromatic heterocycles. The molecule has 0 saturated heterocycles. The average molecular weight is 265 g/mol. The van der Waals surface area contributed by atoms with Gasteiger partial charge in [0.1, 0.15) is 0 Å². The first-order valence-corrected chi connectivity index (χ1v) is 6.90. The second-order valence-corrected chi connectivity index (χ2v) is 4.67. The molecule has 1 aliphatic heterocycles. The van der Waals surface area contributed by atoms with E-state index < -0.39 is 0 Å². The third-order valence-corrected chi connectivity index (χ3v) is 3.29. The molecule has 0 spiro atoms. The standard InChI is InChI=1S/C15H23NO3/c1-17-8-9-18-10-11-19-14-7-6-13-4-2-3-5-15(13)16-12-14/h2-5,14,16H,6-12H2,1H3. The third-order valence-electron chi connectivity index (χ3n) is 3.29. The highest BCUT2D eigenvalue weighted by Crippen LogP contribution is 2.21. The Morgan fingerprint density at radius 1 is 1.16 bits per heavy atom. The van der Waals surface area contributed by atoms with Crippen LogP contribution in [-0.2, 0) is 20.6 Å². The van der Waals surface area contributed by atoms with Gasteiger partial charge in [-0.2, -0.15) is 0 Å². The fraction of sp³-hybridized carbons (Fsp3) is 0.600. The Balaban J connectivity index is 1.65. The predicted molar refractivity (Wildman–Crippen MR) is 75.7 cm³/mol. The van der Waals surface area contributed by atoms with E-state index in [0.29, 0.717) is 26.4 Å². The number of ether oxygens (including phenoxy) is 3. The SMILES string of the molecule is COCCOCCOC1CCc2ccccc2NC1. The molecule has 0 bridgehead atoms. The van der Waals surface area contributed by atoms with Gasteiger partial charge in [-0.05, 0) is 24.5 Å². The highest BCUT2D eigenvalue weighted by Gasteiger charge is 2.15. The first-order valence-electron chi connectivity index (χ1n) is 6.90. The zero-order valence-corrected chi connectivity index (χ0v) is 11.6. The number of benzene rings is 1. The van der Waals surface area contributed by atoms with Crippen molar-refractivity contribution in [3.05, 3.63) is 29.8 Å². The molecule has 4 heteroatoms. The number of anilines is 1. The molecule has 1 aliphatic rings. The van der Waals surface area contributed by atoms with Crippen LogP contribution in [0, 0.1) is 0 Å². The van der Waals surface area contributed by atoms with Crippen LogP contribution in [0.2, 0.25) is 0 Å². The van der Waals surface area contributed by atoms with E-state index in [1.807, 2.05) is 0 Å². The van der Waals surface area contributed by atoms with Crippen molar-refractivity contribution in [3.8, 4) is 0 Å². The summed E-state index contributed by atoms with van der Waals surface area (Å²) in [7, 11) is 1.68. The molecule has 0 aliphatic carbocycles. The monoisotopic (exact) mass is 265 g/mol. The molecule has 0 amide bonds. The second kappa shape index (κ2) is 8.15. The smallest absolute Gasteiger partial charge is 0.0751 e. The molecule has 106 valence electrons. The Morgan fingerprint density at radius 2 is 2.00 bits per heavy atom. The van der Waals surface area contributed by atoms with E-state index in [0.717, 1.165) is 19.4 Å². The molecule has 1 N–H and O–H groups in total. The minimum Gasteiger partial charge on any atom is -0.382 e. The number of nitrogens with one attached hydrogen (secondary N) is 1. The van der Waals surface area contributed by atoms with Crippen molar-refractivity contribution in [2.75, 3.05) is 45.4 Å². The lowest BCUT2D eigenvalue weighted by Gasteiger charge is -2.15. The van der Waals surface area contributed by atoms with Crippen molar-refractivity contribution in [2.45, 2.75) is 18.9 Å². The molecule has 0 fully saturated rings. The second-order valence-electron chi connectivity index (χ2n) is 4.67. The lowest BCUT2D eigenvalue weighted by atomic mass is 10.1. The van der Waals surface area contributed by atoms with Crippen molar-refractivity contribution >= 4 is 5.69 Å². The molecule has 1 aromatic carbocycles. The van der Waals surface area contributed by atoms with Gasteiger partial charge in [-0.3, -0.25) is 0 Å². The van der Waals surface area contributed by atoms with E-state index in [9.17, 15) is 0 Å². The summed E-state index contributed by atoms with van der Waals surface area (Å²) >= 11 is 0. The Bertz CT molecular complexity index is 343. The Kier molecular flexibility index (Phi) is 6.14. The van der Waals surface area contributed by atoms with Gasteiger partial charge in [-0.25, -0.2) is 0 Å². The highest BCUT2D eigenvalue weighted by molar-refractivity contribution is 5.51. The third kappa shape index (κ3) is 4.82. The van der Waals surface area contributed by atoms with Gasteiger partial charge in [0.15, 0.2) is 0 Å².